The van der Waals surface area contributed by atoms with Crippen LogP contribution in [-0.4, -0.2) is 11.0 Å². The van der Waals surface area contributed by atoms with Gasteiger partial charge in [0.25, 0.3) is 5.56 Å². The first-order valence-corrected chi connectivity index (χ1v) is 7.93. The third-order valence-electron chi connectivity index (χ3n) is 3.54. The average Bonchev–Trinajstić information content (AvgIpc) is 2.49. The number of benzene rings is 2. The van der Waals surface area contributed by atoms with Gasteiger partial charge in [-0.1, -0.05) is 45.7 Å². The maximum absolute atomic E-state index is 12.4. The van der Waals surface area contributed by atoms with Gasteiger partial charge in [-0.3, -0.25) is 4.79 Å². The Kier molecular flexibility index (Phi) is 4.24. The molecule has 0 saturated carbocycles. The highest BCUT2D eigenvalue weighted by Crippen LogP contribution is 2.35. The molecule has 1 heterocycles. The molecule has 0 radical (unpaired) electrons. The van der Waals surface area contributed by atoms with Crippen molar-refractivity contribution in [1.29, 1.82) is 0 Å². The van der Waals surface area contributed by atoms with E-state index in [0.29, 0.717) is 27.1 Å². The Morgan fingerprint density at radius 3 is 2.65 bits per heavy atom. The molecule has 1 aromatic heterocycles. The van der Waals surface area contributed by atoms with Crippen LogP contribution in [0, 0.1) is 0 Å². The fourth-order valence-electron chi connectivity index (χ4n) is 2.59. The molecule has 0 atom stereocenters. The highest BCUT2D eigenvalue weighted by Gasteiger charge is 2.17. The largest absolute Gasteiger partial charge is 0.550 e. The summed E-state index contributed by atoms with van der Waals surface area (Å²) in [4.78, 5) is 26.2. The lowest BCUT2D eigenvalue weighted by Crippen LogP contribution is -2.28. The maximum Gasteiger partial charge on any atom is 0.252 e. The summed E-state index contributed by atoms with van der Waals surface area (Å²) in [5.41, 5.74) is 1.40. The Labute approximate surface area is 144 Å². The molecule has 0 bridgehead atoms. The van der Waals surface area contributed by atoms with Crippen LogP contribution >= 0.6 is 27.5 Å². The number of carbonyl (C=O) groups excluding carboxylic acids is 1. The molecule has 1 N–H and O–H groups in total. The third kappa shape index (κ3) is 3.02. The van der Waals surface area contributed by atoms with Crippen LogP contribution in [0.5, 0.6) is 0 Å². The van der Waals surface area contributed by atoms with Gasteiger partial charge in [0.1, 0.15) is 0 Å². The van der Waals surface area contributed by atoms with Gasteiger partial charge in [-0.05, 0) is 24.3 Å². The summed E-state index contributed by atoms with van der Waals surface area (Å²) in [5, 5.41) is 12.2. The van der Waals surface area contributed by atoms with Crippen LogP contribution in [0.3, 0.4) is 0 Å². The van der Waals surface area contributed by atoms with Crippen molar-refractivity contribution < 1.29 is 9.90 Å². The first kappa shape index (κ1) is 15.8. The molecule has 0 unspecified atom stereocenters. The van der Waals surface area contributed by atoms with Crippen LogP contribution in [-0.2, 0) is 11.2 Å². The fraction of sp³-hybridized carbons (Fsp3) is 0.0588. The summed E-state index contributed by atoms with van der Waals surface area (Å²) in [5.74, 6) is -1.32. The number of carbonyl (C=O) groups is 1. The fourth-order valence-corrected chi connectivity index (χ4v) is 3.18. The summed E-state index contributed by atoms with van der Waals surface area (Å²) in [6.07, 6.45) is -0.488. The van der Waals surface area contributed by atoms with Crippen molar-refractivity contribution in [3.05, 3.63) is 67.9 Å². The molecule has 3 aromatic rings. The molecule has 0 saturated heterocycles. The molecule has 23 heavy (non-hydrogen) atoms. The molecule has 0 aliphatic rings. The highest BCUT2D eigenvalue weighted by molar-refractivity contribution is 9.10. The van der Waals surface area contributed by atoms with E-state index in [1.807, 2.05) is 6.07 Å². The van der Waals surface area contributed by atoms with Crippen molar-refractivity contribution in [3.8, 4) is 11.1 Å². The predicted molar refractivity (Wildman–Crippen MR) is 91.4 cm³/mol. The van der Waals surface area contributed by atoms with E-state index in [4.69, 9.17) is 11.6 Å². The van der Waals surface area contributed by atoms with Gasteiger partial charge in [-0.25, -0.2) is 0 Å². The van der Waals surface area contributed by atoms with Gasteiger partial charge in [-0.2, -0.15) is 0 Å². The quantitative estimate of drug-likeness (QED) is 0.746. The van der Waals surface area contributed by atoms with E-state index in [-0.39, 0.29) is 5.56 Å². The SMILES string of the molecule is O=C([O-])Cc1c(-c2ccccc2Cl)c2cc(Br)ccc2[nH]c1=O. The van der Waals surface area contributed by atoms with Gasteiger partial charge < -0.3 is 14.9 Å². The van der Waals surface area contributed by atoms with Crippen LogP contribution in [0.15, 0.2) is 51.7 Å². The Bertz CT molecular complexity index is 981. The van der Waals surface area contributed by atoms with Crippen LogP contribution < -0.4 is 10.7 Å². The van der Waals surface area contributed by atoms with Crippen molar-refractivity contribution in [1.82, 2.24) is 4.98 Å². The summed E-state index contributed by atoms with van der Waals surface area (Å²) in [6.45, 7) is 0. The lowest BCUT2D eigenvalue weighted by molar-refractivity contribution is -0.304. The predicted octanol–water partition coefficient (Wildman–Crippen LogP) is 2.90. The topological polar surface area (TPSA) is 73.0 Å². The van der Waals surface area contributed by atoms with Crippen LogP contribution in [0.4, 0.5) is 0 Å². The standard InChI is InChI=1S/C17H11BrClNO3/c18-9-5-6-14-11(7-9)16(10-3-1-2-4-13(10)19)12(8-15(21)22)17(23)20-14/h1-7H,8H2,(H,20,23)(H,21,22)/p-1. The first-order chi connectivity index (χ1) is 11.0. The summed E-state index contributed by atoms with van der Waals surface area (Å²) < 4.78 is 0.810. The number of halogens is 2. The molecular formula is C17H10BrClNO3-. The monoisotopic (exact) mass is 390 g/mol. The van der Waals surface area contributed by atoms with Gasteiger partial charge in [0, 0.05) is 49.5 Å². The normalized spacial score (nSPS) is 10.9. The smallest absolute Gasteiger partial charge is 0.252 e. The third-order valence-corrected chi connectivity index (χ3v) is 4.36. The number of aliphatic carboxylic acids is 1. The number of carboxylic acids is 1. The summed E-state index contributed by atoms with van der Waals surface area (Å²) in [7, 11) is 0. The molecule has 116 valence electrons. The minimum absolute atomic E-state index is 0.128. The molecule has 0 aliphatic carbocycles. The zero-order chi connectivity index (χ0) is 16.6. The number of nitrogens with one attached hydrogen (secondary N) is 1. The van der Waals surface area contributed by atoms with Gasteiger partial charge in [0.2, 0.25) is 0 Å². The number of carboxylic acid groups (broad SMARTS) is 1. The van der Waals surface area contributed by atoms with E-state index in [9.17, 15) is 14.7 Å². The van der Waals surface area contributed by atoms with E-state index in [1.165, 1.54) is 0 Å². The number of pyridine rings is 1. The zero-order valence-electron chi connectivity index (χ0n) is 11.7. The number of aromatic amines is 1. The van der Waals surface area contributed by atoms with Gasteiger partial charge in [-0.15, -0.1) is 0 Å². The van der Waals surface area contributed by atoms with E-state index < -0.39 is 17.9 Å². The number of fused-ring (bicyclic) bond motifs is 1. The minimum atomic E-state index is -1.32. The van der Waals surface area contributed by atoms with E-state index in [0.717, 1.165) is 4.47 Å². The number of aromatic nitrogens is 1. The van der Waals surface area contributed by atoms with E-state index in [2.05, 4.69) is 20.9 Å². The lowest BCUT2D eigenvalue weighted by Gasteiger charge is -2.15. The number of rotatable bonds is 3. The molecule has 0 spiro atoms. The Morgan fingerprint density at radius 1 is 1.22 bits per heavy atom. The molecule has 0 amide bonds. The molecular weight excluding hydrogens is 382 g/mol. The van der Waals surface area contributed by atoms with Crippen LogP contribution in [0.1, 0.15) is 5.56 Å². The molecule has 6 heteroatoms. The molecule has 3 rings (SSSR count). The Hall–Kier alpha value is -2.11. The van der Waals surface area contributed by atoms with Crippen molar-refractivity contribution >= 4 is 44.4 Å². The molecule has 0 fully saturated rings. The number of H-pyrrole nitrogens is 1. The van der Waals surface area contributed by atoms with Crippen LogP contribution in [0.2, 0.25) is 5.02 Å². The average molecular weight is 392 g/mol. The molecule has 2 aromatic carbocycles. The van der Waals surface area contributed by atoms with E-state index >= 15 is 0 Å². The number of hydrogen-bond donors (Lipinski definition) is 1. The van der Waals surface area contributed by atoms with Crippen molar-refractivity contribution in [2.75, 3.05) is 0 Å². The minimum Gasteiger partial charge on any atom is -0.550 e. The second-order valence-electron chi connectivity index (χ2n) is 5.03. The zero-order valence-corrected chi connectivity index (χ0v) is 14.1. The van der Waals surface area contributed by atoms with Crippen molar-refractivity contribution in [2.45, 2.75) is 6.42 Å². The second kappa shape index (κ2) is 6.18. The van der Waals surface area contributed by atoms with Crippen LogP contribution in [0.25, 0.3) is 22.0 Å². The molecule has 0 aliphatic heterocycles. The van der Waals surface area contributed by atoms with Gasteiger partial charge in [0.15, 0.2) is 0 Å². The second-order valence-corrected chi connectivity index (χ2v) is 6.35. The first-order valence-electron chi connectivity index (χ1n) is 6.76. The summed E-state index contributed by atoms with van der Waals surface area (Å²) >= 11 is 9.67. The number of hydrogen-bond acceptors (Lipinski definition) is 3. The van der Waals surface area contributed by atoms with Gasteiger partial charge >= 0.3 is 0 Å². The lowest BCUT2D eigenvalue weighted by atomic mass is 9.94. The van der Waals surface area contributed by atoms with Crippen molar-refractivity contribution in [2.24, 2.45) is 0 Å². The van der Waals surface area contributed by atoms with E-state index in [1.54, 1.807) is 36.4 Å². The van der Waals surface area contributed by atoms with Crippen molar-refractivity contribution in [3.63, 3.8) is 0 Å². The highest BCUT2D eigenvalue weighted by atomic mass is 79.9. The van der Waals surface area contributed by atoms with Gasteiger partial charge in [0.05, 0.1) is 0 Å². The maximum atomic E-state index is 12.4. The Morgan fingerprint density at radius 2 is 1.96 bits per heavy atom. The Balaban J connectivity index is 2.48. The summed E-state index contributed by atoms with van der Waals surface area (Å²) in [6, 6.07) is 12.4. The molecule has 4 nitrogen and oxygen atoms in total.